The second kappa shape index (κ2) is 6.83. The van der Waals surface area contributed by atoms with E-state index in [-0.39, 0.29) is 11.9 Å². The summed E-state index contributed by atoms with van der Waals surface area (Å²) in [7, 11) is 0. The minimum absolute atomic E-state index is 0.235. The highest BCUT2D eigenvalue weighted by atomic mass is 79.9. The van der Waals surface area contributed by atoms with E-state index in [1.54, 1.807) is 6.07 Å². The quantitative estimate of drug-likeness (QED) is 0.855. The molecule has 2 aromatic carbocycles. The topological polar surface area (TPSA) is 26.0 Å². The summed E-state index contributed by atoms with van der Waals surface area (Å²) in [6, 6.07) is 15.0. The van der Waals surface area contributed by atoms with E-state index < -0.39 is 0 Å². The number of rotatable bonds is 5. The summed E-state index contributed by atoms with van der Waals surface area (Å²) < 4.78 is 14.5. The smallest absolute Gasteiger partial charge is 0.129 e. The van der Waals surface area contributed by atoms with E-state index in [1.807, 2.05) is 24.3 Å². The van der Waals surface area contributed by atoms with Crippen LogP contribution in [-0.2, 0) is 6.42 Å². The van der Waals surface area contributed by atoms with Gasteiger partial charge in [0.2, 0.25) is 0 Å². The summed E-state index contributed by atoms with van der Waals surface area (Å²) in [5, 5.41) is 0. The molecular weight excluding hydrogens is 305 g/mol. The molecule has 0 aromatic heterocycles. The predicted octanol–water partition coefficient (Wildman–Crippen LogP) is 4.61. The first-order valence-corrected chi connectivity index (χ1v) is 7.21. The molecular formula is C16H17BrFN. The van der Waals surface area contributed by atoms with Crippen molar-refractivity contribution < 1.29 is 4.39 Å². The van der Waals surface area contributed by atoms with Crippen LogP contribution >= 0.6 is 15.9 Å². The molecule has 0 fully saturated rings. The van der Waals surface area contributed by atoms with Gasteiger partial charge in [-0.15, -0.1) is 0 Å². The molecule has 1 atom stereocenters. The van der Waals surface area contributed by atoms with Crippen LogP contribution in [0, 0.1) is 5.82 Å². The van der Waals surface area contributed by atoms with Gasteiger partial charge in [0.05, 0.1) is 0 Å². The monoisotopic (exact) mass is 321 g/mol. The zero-order valence-corrected chi connectivity index (χ0v) is 12.2. The molecule has 0 bridgehead atoms. The zero-order chi connectivity index (χ0) is 13.7. The molecule has 0 aliphatic carbocycles. The molecule has 2 rings (SSSR count). The molecule has 0 amide bonds. The molecule has 2 N–H and O–H groups in total. The van der Waals surface area contributed by atoms with E-state index in [4.69, 9.17) is 5.73 Å². The van der Waals surface area contributed by atoms with Crippen molar-refractivity contribution >= 4 is 15.9 Å². The Morgan fingerprint density at radius 2 is 1.79 bits per heavy atom. The van der Waals surface area contributed by atoms with Crippen LogP contribution in [0.15, 0.2) is 53.0 Å². The lowest BCUT2D eigenvalue weighted by molar-refractivity contribution is 0.548. The highest BCUT2D eigenvalue weighted by molar-refractivity contribution is 9.10. The minimum atomic E-state index is -0.265. The SMILES string of the molecule is NC(CCCc1ccccc1)c1c(F)cccc1Br. The number of hydrogen-bond acceptors (Lipinski definition) is 1. The van der Waals surface area contributed by atoms with Crippen LogP contribution in [0.25, 0.3) is 0 Å². The maximum atomic E-state index is 13.7. The lowest BCUT2D eigenvalue weighted by atomic mass is 9.99. The molecule has 2 aromatic rings. The highest BCUT2D eigenvalue weighted by Gasteiger charge is 2.14. The molecule has 0 saturated carbocycles. The summed E-state index contributed by atoms with van der Waals surface area (Å²) >= 11 is 3.36. The Bertz CT molecular complexity index is 507. The second-order valence-corrected chi connectivity index (χ2v) is 5.47. The average Bonchev–Trinajstić information content (AvgIpc) is 2.40. The van der Waals surface area contributed by atoms with Crippen LogP contribution in [0.2, 0.25) is 0 Å². The Morgan fingerprint density at radius 1 is 1.05 bits per heavy atom. The Hall–Kier alpha value is -1.19. The third-order valence-electron chi connectivity index (χ3n) is 3.19. The van der Waals surface area contributed by atoms with Crippen LogP contribution in [-0.4, -0.2) is 0 Å². The van der Waals surface area contributed by atoms with E-state index in [9.17, 15) is 4.39 Å². The molecule has 1 nitrogen and oxygen atoms in total. The molecule has 0 spiro atoms. The number of nitrogens with two attached hydrogens (primary N) is 1. The van der Waals surface area contributed by atoms with Gasteiger partial charge < -0.3 is 5.73 Å². The predicted molar refractivity (Wildman–Crippen MR) is 80.4 cm³/mol. The summed E-state index contributed by atoms with van der Waals surface area (Å²) in [5.41, 5.74) is 7.96. The molecule has 19 heavy (non-hydrogen) atoms. The van der Waals surface area contributed by atoms with Crippen molar-refractivity contribution in [2.24, 2.45) is 5.73 Å². The maximum absolute atomic E-state index is 13.7. The van der Waals surface area contributed by atoms with Crippen molar-refractivity contribution in [3.05, 3.63) is 69.9 Å². The highest BCUT2D eigenvalue weighted by Crippen LogP contribution is 2.27. The van der Waals surface area contributed by atoms with Crippen LogP contribution in [0.4, 0.5) is 4.39 Å². The van der Waals surface area contributed by atoms with E-state index in [0.29, 0.717) is 5.56 Å². The van der Waals surface area contributed by atoms with Crippen molar-refractivity contribution in [3.63, 3.8) is 0 Å². The van der Waals surface area contributed by atoms with Gasteiger partial charge in [-0.3, -0.25) is 0 Å². The Morgan fingerprint density at radius 3 is 2.47 bits per heavy atom. The molecule has 0 aliphatic rings. The fraction of sp³-hybridized carbons (Fsp3) is 0.250. The van der Waals surface area contributed by atoms with Gasteiger partial charge in [0, 0.05) is 16.1 Å². The zero-order valence-electron chi connectivity index (χ0n) is 10.7. The van der Waals surface area contributed by atoms with Gasteiger partial charge in [0.1, 0.15) is 5.82 Å². The Balaban J connectivity index is 1.93. The van der Waals surface area contributed by atoms with E-state index in [1.165, 1.54) is 11.6 Å². The van der Waals surface area contributed by atoms with Crippen molar-refractivity contribution in [3.8, 4) is 0 Å². The average molecular weight is 322 g/mol. The molecule has 0 aliphatic heterocycles. The number of hydrogen-bond donors (Lipinski definition) is 1. The van der Waals surface area contributed by atoms with E-state index >= 15 is 0 Å². The van der Waals surface area contributed by atoms with Gasteiger partial charge in [0.15, 0.2) is 0 Å². The normalized spacial score (nSPS) is 12.4. The maximum Gasteiger partial charge on any atom is 0.129 e. The Labute approximate surface area is 121 Å². The van der Waals surface area contributed by atoms with Gasteiger partial charge >= 0.3 is 0 Å². The van der Waals surface area contributed by atoms with E-state index in [2.05, 4.69) is 28.1 Å². The number of benzene rings is 2. The summed E-state index contributed by atoms with van der Waals surface area (Å²) in [6.45, 7) is 0. The van der Waals surface area contributed by atoms with Gasteiger partial charge in [-0.25, -0.2) is 4.39 Å². The van der Waals surface area contributed by atoms with Crippen molar-refractivity contribution in [2.75, 3.05) is 0 Å². The molecule has 0 saturated heterocycles. The molecule has 100 valence electrons. The molecule has 0 heterocycles. The fourth-order valence-electron chi connectivity index (χ4n) is 2.18. The van der Waals surface area contributed by atoms with Crippen LogP contribution in [0.5, 0.6) is 0 Å². The Kier molecular flexibility index (Phi) is 5.11. The summed E-state index contributed by atoms with van der Waals surface area (Å²) in [4.78, 5) is 0. The van der Waals surface area contributed by atoms with Crippen LogP contribution < -0.4 is 5.73 Å². The van der Waals surface area contributed by atoms with E-state index in [0.717, 1.165) is 23.7 Å². The van der Waals surface area contributed by atoms with Gasteiger partial charge in [-0.05, 0) is 37.0 Å². The van der Waals surface area contributed by atoms with Crippen molar-refractivity contribution in [1.29, 1.82) is 0 Å². The molecule has 0 radical (unpaired) electrons. The first-order chi connectivity index (χ1) is 9.18. The largest absolute Gasteiger partial charge is 0.324 e. The number of aryl methyl sites for hydroxylation is 1. The molecule has 3 heteroatoms. The number of halogens is 2. The third kappa shape index (κ3) is 3.88. The van der Waals surface area contributed by atoms with Crippen molar-refractivity contribution in [2.45, 2.75) is 25.3 Å². The second-order valence-electron chi connectivity index (χ2n) is 4.62. The minimum Gasteiger partial charge on any atom is -0.324 e. The molecule has 1 unspecified atom stereocenters. The van der Waals surface area contributed by atoms with Gasteiger partial charge in [-0.2, -0.15) is 0 Å². The fourth-order valence-corrected chi connectivity index (χ4v) is 2.82. The lowest BCUT2D eigenvalue weighted by Gasteiger charge is -2.14. The standard InChI is InChI=1S/C16H17BrFN/c17-13-9-5-10-14(18)16(13)15(19)11-4-8-12-6-2-1-3-7-12/h1-3,5-7,9-10,15H,4,8,11,19H2. The first kappa shape index (κ1) is 14.2. The van der Waals surface area contributed by atoms with Gasteiger partial charge in [0.25, 0.3) is 0 Å². The summed E-state index contributed by atoms with van der Waals surface area (Å²) in [6.07, 6.45) is 2.70. The van der Waals surface area contributed by atoms with Crippen LogP contribution in [0.3, 0.4) is 0 Å². The van der Waals surface area contributed by atoms with Crippen LogP contribution in [0.1, 0.15) is 30.0 Å². The lowest BCUT2D eigenvalue weighted by Crippen LogP contribution is -2.13. The summed E-state index contributed by atoms with van der Waals surface area (Å²) in [5.74, 6) is -0.235. The van der Waals surface area contributed by atoms with Gasteiger partial charge in [-0.1, -0.05) is 52.3 Å². The third-order valence-corrected chi connectivity index (χ3v) is 3.89. The first-order valence-electron chi connectivity index (χ1n) is 6.42. The van der Waals surface area contributed by atoms with Crippen molar-refractivity contribution in [1.82, 2.24) is 0 Å².